The van der Waals surface area contributed by atoms with Crippen molar-refractivity contribution >= 4 is 5.97 Å². The average Bonchev–Trinajstić information content (AvgIpc) is 2.84. The topological polar surface area (TPSA) is 62.7 Å². The summed E-state index contributed by atoms with van der Waals surface area (Å²) >= 11 is 0. The largest absolute Gasteiger partial charge is 0.481 e. The zero-order valence-electron chi connectivity index (χ0n) is 12.3. The molecular formula is C15H22N2O3. The van der Waals surface area contributed by atoms with E-state index in [1.165, 1.54) is 0 Å². The summed E-state index contributed by atoms with van der Waals surface area (Å²) in [6, 6.07) is 5.66. The number of rotatable bonds is 5. The third-order valence-corrected chi connectivity index (χ3v) is 4.29. The second-order valence-corrected chi connectivity index (χ2v) is 5.75. The van der Waals surface area contributed by atoms with Gasteiger partial charge in [-0.3, -0.25) is 9.69 Å². The minimum atomic E-state index is -0.686. The van der Waals surface area contributed by atoms with Crippen molar-refractivity contribution in [1.82, 2.24) is 9.88 Å². The highest BCUT2D eigenvalue weighted by Gasteiger charge is 2.47. The fraction of sp³-hybridized carbons (Fsp3) is 0.600. The molecule has 1 aromatic heterocycles. The van der Waals surface area contributed by atoms with Gasteiger partial charge < -0.3 is 9.84 Å². The van der Waals surface area contributed by atoms with Crippen LogP contribution in [0.4, 0.5) is 0 Å². The zero-order valence-corrected chi connectivity index (χ0v) is 12.3. The van der Waals surface area contributed by atoms with Crippen molar-refractivity contribution in [2.75, 3.05) is 20.2 Å². The van der Waals surface area contributed by atoms with Gasteiger partial charge in [-0.1, -0.05) is 19.9 Å². The van der Waals surface area contributed by atoms with Gasteiger partial charge in [0.2, 0.25) is 5.88 Å². The van der Waals surface area contributed by atoms with Crippen LogP contribution < -0.4 is 4.74 Å². The summed E-state index contributed by atoms with van der Waals surface area (Å²) in [5.74, 6) is 0.0342. The van der Waals surface area contributed by atoms with Gasteiger partial charge in [0.05, 0.1) is 18.2 Å². The molecule has 1 N–H and O–H groups in total. The predicted molar refractivity (Wildman–Crippen MR) is 75.6 cm³/mol. The summed E-state index contributed by atoms with van der Waals surface area (Å²) in [6.07, 6.45) is 0.698. The molecular weight excluding hydrogens is 256 g/mol. The standard InChI is InChI=1S/C15H22N2O3/c1-11(2)15(14(18)19)7-8-17(10-15)9-12-5-4-6-13(16-12)20-3/h4-6,11H,7-10H2,1-3H3,(H,18,19). The third-order valence-electron chi connectivity index (χ3n) is 4.29. The maximum atomic E-state index is 11.6. The molecule has 20 heavy (non-hydrogen) atoms. The molecule has 1 aliphatic heterocycles. The summed E-state index contributed by atoms with van der Waals surface area (Å²) in [5, 5.41) is 9.54. The fourth-order valence-corrected chi connectivity index (χ4v) is 2.83. The number of ether oxygens (including phenoxy) is 1. The predicted octanol–water partition coefficient (Wildman–Crippen LogP) is 2.02. The number of hydrogen-bond donors (Lipinski definition) is 1. The lowest BCUT2D eigenvalue weighted by Gasteiger charge is -2.28. The number of carbonyl (C=O) groups is 1. The molecule has 1 aliphatic rings. The molecule has 0 bridgehead atoms. The molecule has 0 saturated carbocycles. The van der Waals surface area contributed by atoms with E-state index in [0.717, 1.165) is 12.2 Å². The van der Waals surface area contributed by atoms with E-state index in [9.17, 15) is 9.90 Å². The van der Waals surface area contributed by atoms with Crippen LogP contribution in [-0.2, 0) is 11.3 Å². The maximum Gasteiger partial charge on any atom is 0.311 e. The average molecular weight is 278 g/mol. The third kappa shape index (κ3) is 2.77. The van der Waals surface area contributed by atoms with Gasteiger partial charge in [0, 0.05) is 19.2 Å². The van der Waals surface area contributed by atoms with Crippen LogP contribution >= 0.6 is 0 Å². The summed E-state index contributed by atoms with van der Waals surface area (Å²) in [7, 11) is 1.59. The van der Waals surface area contributed by atoms with Gasteiger partial charge >= 0.3 is 5.97 Å². The molecule has 0 spiro atoms. The van der Waals surface area contributed by atoms with Crippen molar-refractivity contribution in [2.24, 2.45) is 11.3 Å². The number of carboxylic acid groups (broad SMARTS) is 1. The molecule has 1 unspecified atom stereocenters. The van der Waals surface area contributed by atoms with Crippen LogP contribution in [-0.4, -0.2) is 41.2 Å². The Morgan fingerprint density at radius 2 is 2.30 bits per heavy atom. The highest BCUT2D eigenvalue weighted by Crippen LogP contribution is 2.38. The number of hydrogen-bond acceptors (Lipinski definition) is 4. The molecule has 0 aromatic carbocycles. The summed E-state index contributed by atoms with van der Waals surface area (Å²) < 4.78 is 5.11. The molecule has 0 radical (unpaired) electrons. The molecule has 5 heteroatoms. The summed E-state index contributed by atoms with van der Waals surface area (Å²) in [6.45, 7) is 6.02. The first kappa shape index (κ1) is 14.8. The van der Waals surface area contributed by atoms with Gasteiger partial charge in [-0.05, 0) is 24.9 Å². The Labute approximate surface area is 119 Å². The Morgan fingerprint density at radius 1 is 1.55 bits per heavy atom. The Balaban J connectivity index is 2.07. The Morgan fingerprint density at radius 3 is 2.85 bits per heavy atom. The van der Waals surface area contributed by atoms with E-state index < -0.39 is 11.4 Å². The Hall–Kier alpha value is -1.62. The van der Waals surface area contributed by atoms with Crippen LogP contribution in [0.2, 0.25) is 0 Å². The van der Waals surface area contributed by atoms with Crippen LogP contribution in [0.5, 0.6) is 5.88 Å². The van der Waals surface area contributed by atoms with Crippen molar-refractivity contribution in [2.45, 2.75) is 26.8 Å². The molecule has 1 saturated heterocycles. The number of pyridine rings is 1. The van der Waals surface area contributed by atoms with E-state index in [0.29, 0.717) is 25.4 Å². The maximum absolute atomic E-state index is 11.6. The normalized spacial score (nSPS) is 23.2. The Kier molecular flexibility index (Phi) is 4.28. The van der Waals surface area contributed by atoms with Gasteiger partial charge in [0.25, 0.3) is 0 Å². The van der Waals surface area contributed by atoms with E-state index in [1.54, 1.807) is 7.11 Å². The van der Waals surface area contributed by atoms with Gasteiger partial charge in [0.15, 0.2) is 0 Å². The van der Waals surface area contributed by atoms with E-state index in [2.05, 4.69) is 9.88 Å². The number of aliphatic carboxylic acids is 1. The first-order valence-corrected chi connectivity index (χ1v) is 6.93. The lowest BCUT2D eigenvalue weighted by molar-refractivity contribution is -0.151. The van der Waals surface area contributed by atoms with E-state index >= 15 is 0 Å². The van der Waals surface area contributed by atoms with E-state index in [-0.39, 0.29) is 5.92 Å². The van der Waals surface area contributed by atoms with Crippen LogP contribution in [0.3, 0.4) is 0 Å². The van der Waals surface area contributed by atoms with E-state index in [4.69, 9.17) is 4.74 Å². The molecule has 5 nitrogen and oxygen atoms in total. The Bertz CT molecular complexity index is 490. The molecule has 0 amide bonds. The number of aromatic nitrogens is 1. The number of nitrogens with zero attached hydrogens (tertiary/aromatic N) is 2. The van der Waals surface area contributed by atoms with Crippen LogP contribution in [0.25, 0.3) is 0 Å². The van der Waals surface area contributed by atoms with Gasteiger partial charge in [0.1, 0.15) is 0 Å². The highest BCUT2D eigenvalue weighted by molar-refractivity contribution is 5.75. The SMILES string of the molecule is COc1cccc(CN2CCC(C(=O)O)(C(C)C)C2)n1. The van der Waals surface area contributed by atoms with E-state index in [1.807, 2.05) is 32.0 Å². The highest BCUT2D eigenvalue weighted by atomic mass is 16.5. The van der Waals surface area contributed by atoms with Crippen molar-refractivity contribution in [1.29, 1.82) is 0 Å². The van der Waals surface area contributed by atoms with Gasteiger partial charge in [-0.2, -0.15) is 0 Å². The second-order valence-electron chi connectivity index (χ2n) is 5.75. The second kappa shape index (κ2) is 5.79. The molecule has 1 aromatic rings. The molecule has 2 heterocycles. The molecule has 1 fully saturated rings. The van der Waals surface area contributed by atoms with Crippen LogP contribution in [0.1, 0.15) is 26.0 Å². The van der Waals surface area contributed by atoms with Crippen LogP contribution in [0.15, 0.2) is 18.2 Å². The smallest absolute Gasteiger partial charge is 0.311 e. The summed E-state index contributed by atoms with van der Waals surface area (Å²) in [5.41, 5.74) is 0.285. The summed E-state index contributed by atoms with van der Waals surface area (Å²) in [4.78, 5) is 18.1. The number of likely N-dealkylation sites (tertiary alicyclic amines) is 1. The molecule has 2 rings (SSSR count). The lowest BCUT2D eigenvalue weighted by Crippen LogP contribution is -2.39. The van der Waals surface area contributed by atoms with Crippen molar-refractivity contribution < 1.29 is 14.6 Å². The van der Waals surface area contributed by atoms with Gasteiger partial charge in [-0.25, -0.2) is 4.98 Å². The fourth-order valence-electron chi connectivity index (χ4n) is 2.83. The van der Waals surface area contributed by atoms with Crippen LogP contribution in [0, 0.1) is 11.3 Å². The quantitative estimate of drug-likeness (QED) is 0.893. The molecule has 110 valence electrons. The lowest BCUT2D eigenvalue weighted by atomic mass is 9.76. The monoisotopic (exact) mass is 278 g/mol. The molecule has 1 atom stereocenters. The van der Waals surface area contributed by atoms with Crippen molar-refractivity contribution in [3.05, 3.63) is 23.9 Å². The minimum absolute atomic E-state index is 0.128. The number of carboxylic acids is 1. The van der Waals surface area contributed by atoms with Gasteiger partial charge in [-0.15, -0.1) is 0 Å². The van der Waals surface area contributed by atoms with Crippen molar-refractivity contribution in [3.8, 4) is 5.88 Å². The van der Waals surface area contributed by atoms with Crippen molar-refractivity contribution in [3.63, 3.8) is 0 Å². The zero-order chi connectivity index (χ0) is 14.8. The first-order valence-electron chi connectivity index (χ1n) is 6.93. The molecule has 0 aliphatic carbocycles. The minimum Gasteiger partial charge on any atom is -0.481 e. The number of methoxy groups -OCH3 is 1. The first-order chi connectivity index (χ1) is 9.48.